The van der Waals surface area contributed by atoms with Crippen LogP contribution in [-0.2, 0) is 4.74 Å². The molecule has 0 aliphatic heterocycles. The first-order chi connectivity index (χ1) is 8.19. The third kappa shape index (κ3) is 3.18. The monoisotopic (exact) mass is 268 g/mol. The Bertz CT molecular complexity index is 484. The van der Waals surface area contributed by atoms with Gasteiger partial charge in [-0.2, -0.15) is 4.37 Å². The zero-order chi connectivity index (χ0) is 12.3. The number of aromatic nitrogens is 2. The van der Waals surface area contributed by atoms with Crippen molar-refractivity contribution in [1.29, 1.82) is 0 Å². The van der Waals surface area contributed by atoms with E-state index in [0.29, 0.717) is 5.82 Å². The average Bonchev–Trinajstić information content (AvgIpc) is 2.80. The lowest BCUT2D eigenvalue weighted by Gasteiger charge is -2.02. The second kappa shape index (κ2) is 5.48. The van der Waals surface area contributed by atoms with E-state index in [1.807, 2.05) is 19.1 Å². The summed E-state index contributed by atoms with van der Waals surface area (Å²) in [6, 6.07) is 7.01. The first-order valence-corrected chi connectivity index (χ1v) is 6.61. The minimum Gasteiger partial charge on any atom is -0.508 e. The molecule has 1 aromatic heterocycles. The predicted molar refractivity (Wildman–Crippen MR) is 67.6 cm³/mol. The number of nitrogens with zero attached hydrogens (tertiary/aromatic N) is 2. The number of methoxy groups -OCH3 is 1. The number of benzene rings is 1. The lowest BCUT2D eigenvalue weighted by molar-refractivity contribution is 0.113. The molecular formula is C11H12N2O2S2. The van der Waals surface area contributed by atoms with Crippen molar-refractivity contribution in [2.45, 2.75) is 22.3 Å². The van der Waals surface area contributed by atoms with E-state index in [2.05, 4.69) is 9.36 Å². The minimum atomic E-state index is -0.0829. The number of aromatic hydroxyl groups is 1. The number of ether oxygens (including phenoxy) is 1. The molecule has 0 aliphatic carbocycles. The fraction of sp³-hybridized carbons (Fsp3) is 0.273. The Balaban J connectivity index is 2.08. The fourth-order valence-corrected chi connectivity index (χ4v) is 2.80. The van der Waals surface area contributed by atoms with Gasteiger partial charge in [-0.1, -0.05) is 11.8 Å². The molecule has 1 aromatic carbocycles. The van der Waals surface area contributed by atoms with Crippen molar-refractivity contribution in [3.05, 3.63) is 30.1 Å². The molecule has 4 nitrogen and oxygen atoms in total. The van der Waals surface area contributed by atoms with Gasteiger partial charge in [0, 0.05) is 12.0 Å². The molecule has 0 amide bonds. The van der Waals surface area contributed by atoms with Crippen LogP contribution in [0.4, 0.5) is 0 Å². The van der Waals surface area contributed by atoms with Crippen molar-refractivity contribution in [3.8, 4) is 5.75 Å². The van der Waals surface area contributed by atoms with Gasteiger partial charge >= 0.3 is 0 Å². The zero-order valence-corrected chi connectivity index (χ0v) is 11.1. The number of hydrogen-bond donors (Lipinski definition) is 1. The summed E-state index contributed by atoms with van der Waals surface area (Å²) in [7, 11) is 1.64. The predicted octanol–water partition coefficient (Wildman–Crippen LogP) is 3.10. The largest absolute Gasteiger partial charge is 0.508 e. The van der Waals surface area contributed by atoms with E-state index < -0.39 is 0 Å². The van der Waals surface area contributed by atoms with Crippen molar-refractivity contribution < 1.29 is 9.84 Å². The van der Waals surface area contributed by atoms with Crippen LogP contribution >= 0.6 is 23.3 Å². The van der Waals surface area contributed by atoms with Crippen LogP contribution in [0.5, 0.6) is 5.75 Å². The highest BCUT2D eigenvalue weighted by atomic mass is 32.2. The van der Waals surface area contributed by atoms with Gasteiger partial charge in [0.2, 0.25) is 0 Å². The molecule has 0 bridgehead atoms. The maximum atomic E-state index is 9.18. The van der Waals surface area contributed by atoms with E-state index in [9.17, 15) is 5.11 Å². The van der Waals surface area contributed by atoms with Crippen LogP contribution in [0.15, 0.2) is 33.5 Å². The summed E-state index contributed by atoms with van der Waals surface area (Å²) in [6.45, 7) is 1.91. The highest BCUT2D eigenvalue weighted by Crippen LogP contribution is 2.31. The van der Waals surface area contributed by atoms with Gasteiger partial charge in [-0.3, -0.25) is 0 Å². The first-order valence-electron chi connectivity index (χ1n) is 5.02. The Hall–Kier alpha value is -1.11. The Morgan fingerprint density at radius 3 is 2.71 bits per heavy atom. The van der Waals surface area contributed by atoms with Crippen LogP contribution in [0.1, 0.15) is 18.9 Å². The molecule has 6 heteroatoms. The average molecular weight is 268 g/mol. The van der Waals surface area contributed by atoms with Gasteiger partial charge in [-0.15, -0.1) is 0 Å². The summed E-state index contributed by atoms with van der Waals surface area (Å²) >= 11 is 2.87. The van der Waals surface area contributed by atoms with Gasteiger partial charge in [0.05, 0.1) is 0 Å². The lowest BCUT2D eigenvalue weighted by atomic mass is 10.3. The van der Waals surface area contributed by atoms with E-state index in [4.69, 9.17) is 4.74 Å². The van der Waals surface area contributed by atoms with Crippen LogP contribution in [0.2, 0.25) is 0 Å². The van der Waals surface area contributed by atoms with E-state index in [1.165, 1.54) is 23.3 Å². The van der Waals surface area contributed by atoms with Crippen molar-refractivity contribution >= 4 is 23.3 Å². The Kier molecular flexibility index (Phi) is 3.98. The first kappa shape index (κ1) is 12.3. The minimum absolute atomic E-state index is 0.0829. The van der Waals surface area contributed by atoms with E-state index in [-0.39, 0.29) is 11.9 Å². The normalized spacial score (nSPS) is 12.6. The zero-order valence-electron chi connectivity index (χ0n) is 9.45. The summed E-state index contributed by atoms with van der Waals surface area (Å²) in [6.07, 6.45) is -0.0829. The van der Waals surface area contributed by atoms with Crippen molar-refractivity contribution in [2.75, 3.05) is 7.11 Å². The molecule has 0 radical (unpaired) electrons. The van der Waals surface area contributed by atoms with Gasteiger partial charge in [-0.25, -0.2) is 4.98 Å². The maximum absolute atomic E-state index is 9.18. The van der Waals surface area contributed by atoms with Gasteiger partial charge in [0.1, 0.15) is 11.9 Å². The molecule has 0 spiro atoms. The highest BCUT2D eigenvalue weighted by Gasteiger charge is 2.11. The molecule has 1 heterocycles. The quantitative estimate of drug-likeness (QED) is 0.923. The Labute approximate surface area is 108 Å². The van der Waals surface area contributed by atoms with Gasteiger partial charge < -0.3 is 9.84 Å². The fourth-order valence-electron chi connectivity index (χ4n) is 1.15. The molecule has 1 N–H and O–H groups in total. The maximum Gasteiger partial charge on any atom is 0.175 e. The van der Waals surface area contributed by atoms with Crippen LogP contribution in [0.25, 0.3) is 0 Å². The third-order valence-electron chi connectivity index (χ3n) is 2.18. The summed E-state index contributed by atoms with van der Waals surface area (Å²) in [5, 5.41) is 9.18. The third-order valence-corrected chi connectivity index (χ3v) is 3.96. The molecule has 0 aliphatic rings. The molecule has 1 unspecified atom stereocenters. The molecule has 90 valence electrons. The SMILES string of the molecule is COC(C)c1nsc(Sc2ccc(O)cc2)n1. The molecule has 0 saturated carbocycles. The summed E-state index contributed by atoms with van der Waals surface area (Å²) < 4.78 is 10.3. The van der Waals surface area contributed by atoms with Gasteiger partial charge in [-0.05, 0) is 42.7 Å². The van der Waals surface area contributed by atoms with Crippen molar-refractivity contribution in [2.24, 2.45) is 0 Å². The Morgan fingerprint density at radius 1 is 1.35 bits per heavy atom. The van der Waals surface area contributed by atoms with Crippen molar-refractivity contribution in [3.63, 3.8) is 0 Å². The van der Waals surface area contributed by atoms with E-state index in [0.717, 1.165) is 9.24 Å². The molecule has 1 atom stereocenters. The second-order valence-corrected chi connectivity index (χ2v) is 5.46. The van der Waals surface area contributed by atoms with Crippen LogP contribution in [0, 0.1) is 0 Å². The smallest absolute Gasteiger partial charge is 0.175 e. The number of rotatable bonds is 4. The van der Waals surface area contributed by atoms with Crippen LogP contribution < -0.4 is 0 Å². The molecule has 2 rings (SSSR count). The number of hydrogen-bond acceptors (Lipinski definition) is 6. The Morgan fingerprint density at radius 2 is 2.06 bits per heavy atom. The highest BCUT2D eigenvalue weighted by molar-refractivity contribution is 8.01. The molecule has 0 saturated heterocycles. The number of phenolic OH excluding ortho intramolecular Hbond substituents is 1. The van der Waals surface area contributed by atoms with E-state index >= 15 is 0 Å². The van der Waals surface area contributed by atoms with Crippen LogP contribution in [0.3, 0.4) is 0 Å². The lowest BCUT2D eigenvalue weighted by Crippen LogP contribution is -1.97. The standard InChI is InChI=1S/C11H12N2O2S2/c1-7(15-2)10-12-11(17-13-10)16-9-5-3-8(14)4-6-9/h3-7,14H,1-2H3. The number of phenols is 1. The van der Waals surface area contributed by atoms with Crippen molar-refractivity contribution in [1.82, 2.24) is 9.36 Å². The molecule has 2 aromatic rings. The van der Waals surface area contributed by atoms with Gasteiger partial charge in [0.15, 0.2) is 10.2 Å². The molecular weight excluding hydrogens is 256 g/mol. The van der Waals surface area contributed by atoms with Gasteiger partial charge in [0.25, 0.3) is 0 Å². The molecule has 0 fully saturated rings. The summed E-state index contributed by atoms with van der Waals surface area (Å²) in [5.74, 6) is 0.971. The topological polar surface area (TPSA) is 55.2 Å². The second-order valence-electron chi connectivity index (χ2n) is 3.39. The summed E-state index contributed by atoms with van der Waals surface area (Å²) in [4.78, 5) is 5.41. The molecule has 17 heavy (non-hydrogen) atoms. The summed E-state index contributed by atoms with van der Waals surface area (Å²) in [5.41, 5.74) is 0. The van der Waals surface area contributed by atoms with E-state index in [1.54, 1.807) is 19.2 Å². The van der Waals surface area contributed by atoms with Crippen LogP contribution in [-0.4, -0.2) is 21.6 Å².